The molecular weight excluding hydrogens is 732 g/mol. The van der Waals surface area contributed by atoms with Gasteiger partial charge in [0.1, 0.15) is 34.5 Å². The predicted octanol–water partition coefficient (Wildman–Crippen LogP) is 3.39. The van der Waals surface area contributed by atoms with E-state index in [1.165, 1.54) is 0 Å². The summed E-state index contributed by atoms with van der Waals surface area (Å²) in [5, 5.41) is 147. The molecule has 14 N–H and O–H groups in total. The van der Waals surface area contributed by atoms with Gasteiger partial charge in [-0.3, -0.25) is 0 Å². The van der Waals surface area contributed by atoms with Gasteiger partial charge in [-0.25, -0.2) is 4.79 Å². The number of benzene rings is 5. The highest BCUT2D eigenvalue weighted by Crippen LogP contribution is 2.58. The third kappa shape index (κ3) is 5.95. The molecule has 0 spiro atoms. The number of esters is 1. The van der Waals surface area contributed by atoms with Crippen molar-refractivity contribution in [3.05, 3.63) is 88.0 Å². The van der Waals surface area contributed by atoms with E-state index in [-0.39, 0.29) is 33.8 Å². The maximum atomic E-state index is 13.8. The predicted molar refractivity (Wildman–Crippen MR) is 181 cm³/mol. The number of ether oxygens (including phenoxy) is 3. The number of aliphatic hydroxyl groups is 1. The van der Waals surface area contributed by atoms with Crippen LogP contribution in [0.15, 0.2) is 54.6 Å². The Labute approximate surface area is 307 Å². The van der Waals surface area contributed by atoms with Crippen molar-refractivity contribution in [3.8, 4) is 86.2 Å². The number of phenolic OH excluding ortho intramolecular Hbond substituents is 13. The number of carbonyl (C=O) groups is 1. The molecule has 0 aliphatic carbocycles. The quantitative estimate of drug-likeness (QED) is 0.0901. The van der Waals surface area contributed by atoms with Crippen molar-refractivity contribution in [1.29, 1.82) is 0 Å². The minimum Gasteiger partial charge on any atom is -0.508 e. The lowest BCUT2D eigenvalue weighted by Gasteiger charge is -2.40. The van der Waals surface area contributed by atoms with Crippen molar-refractivity contribution in [3.63, 3.8) is 0 Å². The second-order valence-electron chi connectivity index (χ2n) is 12.9. The zero-order chi connectivity index (χ0) is 39.8. The van der Waals surface area contributed by atoms with E-state index < -0.39 is 129 Å². The van der Waals surface area contributed by atoms with Crippen LogP contribution in [-0.2, 0) is 11.2 Å². The summed E-state index contributed by atoms with van der Waals surface area (Å²) in [6, 6.07) is 8.25. The summed E-state index contributed by atoms with van der Waals surface area (Å²) in [7, 11) is 0. The van der Waals surface area contributed by atoms with Gasteiger partial charge in [0.25, 0.3) is 0 Å². The molecule has 286 valence electrons. The minimum absolute atomic E-state index is 0.00128. The molecule has 7 rings (SSSR count). The van der Waals surface area contributed by atoms with Gasteiger partial charge in [-0.1, -0.05) is 0 Å². The third-order valence-electron chi connectivity index (χ3n) is 9.40. The lowest BCUT2D eigenvalue weighted by atomic mass is 9.77. The molecule has 5 aromatic carbocycles. The Bertz CT molecular complexity index is 2340. The van der Waals surface area contributed by atoms with Gasteiger partial charge >= 0.3 is 5.97 Å². The summed E-state index contributed by atoms with van der Waals surface area (Å²) >= 11 is 0. The summed E-state index contributed by atoms with van der Waals surface area (Å²) in [6.07, 6.45) is -6.83. The fourth-order valence-corrected chi connectivity index (χ4v) is 6.86. The Balaban J connectivity index is 1.42. The van der Waals surface area contributed by atoms with E-state index in [2.05, 4.69) is 0 Å². The minimum atomic E-state index is -1.88. The molecule has 2 aliphatic rings. The SMILES string of the molecule is O=C(O[C@@H]1[C@@H](c2c(O)cc3c(c2O)C[C@H](O)[C@@H](c2cc(O)c(O)c(O)c2)O3)c2c(O)cc(O)cc2O[C@@H]1c1cc(O)c(O)c(O)c1)c1cc(O)c(O)c(O)c1. The molecule has 0 saturated heterocycles. The number of carbonyl (C=O) groups excluding carboxylic acids is 1. The Morgan fingerprint density at radius 2 is 1.00 bits per heavy atom. The standard InChI is InChI=1S/C37H30O18/c38-14-7-16(39)27-26(8-14)54-35(12-3-20(43)32(50)21(44)4-12)36(55-37(52)13-5-22(45)33(51)23(46)6-13)29(27)28-17(40)10-25-15(30(28)48)9-24(47)34(53-25)11-1-18(41)31(49)19(42)2-11/h1-8,10,24,29,34-36,38-51H,9H2/t24-,29+,34+,35+,36+/m0/s1. The first-order valence-electron chi connectivity index (χ1n) is 16.1. The number of hydrogen-bond acceptors (Lipinski definition) is 18. The van der Waals surface area contributed by atoms with E-state index in [0.717, 1.165) is 54.6 Å². The second-order valence-corrected chi connectivity index (χ2v) is 12.9. The van der Waals surface area contributed by atoms with Crippen LogP contribution >= 0.6 is 0 Å². The fourth-order valence-electron chi connectivity index (χ4n) is 6.86. The van der Waals surface area contributed by atoms with E-state index in [0.29, 0.717) is 0 Å². The maximum Gasteiger partial charge on any atom is 0.338 e. The van der Waals surface area contributed by atoms with Crippen LogP contribution in [0.3, 0.4) is 0 Å². The smallest absolute Gasteiger partial charge is 0.338 e. The highest BCUT2D eigenvalue weighted by molar-refractivity contribution is 5.91. The first kappa shape index (κ1) is 35.9. The molecule has 0 bridgehead atoms. The number of phenols is 13. The monoisotopic (exact) mass is 762 g/mol. The van der Waals surface area contributed by atoms with Crippen molar-refractivity contribution in [2.24, 2.45) is 0 Å². The summed E-state index contributed by atoms with van der Waals surface area (Å²) < 4.78 is 17.8. The van der Waals surface area contributed by atoms with Crippen LogP contribution in [0.25, 0.3) is 0 Å². The third-order valence-corrected chi connectivity index (χ3v) is 9.40. The molecule has 5 atom stereocenters. The van der Waals surface area contributed by atoms with Crippen LogP contribution in [0, 0.1) is 0 Å². The summed E-state index contributed by atoms with van der Waals surface area (Å²) in [5.41, 5.74) is -1.67. The summed E-state index contributed by atoms with van der Waals surface area (Å²) in [5.74, 6) is -14.2. The zero-order valence-corrected chi connectivity index (χ0v) is 27.7. The molecule has 18 heteroatoms. The van der Waals surface area contributed by atoms with Crippen molar-refractivity contribution in [1.82, 2.24) is 0 Å². The topological polar surface area (TPSA) is 328 Å². The molecule has 0 amide bonds. The molecule has 18 nitrogen and oxygen atoms in total. The van der Waals surface area contributed by atoms with Crippen molar-refractivity contribution < 1.29 is 90.5 Å². The second kappa shape index (κ2) is 12.9. The molecule has 0 aromatic heterocycles. The van der Waals surface area contributed by atoms with E-state index in [9.17, 15) is 76.3 Å². The Morgan fingerprint density at radius 3 is 1.55 bits per heavy atom. The molecular formula is C37H30O18. The molecule has 0 saturated carbocycles. The van der Waals surface area contributed by atoms with Crippen LogP contribution in [0.2, 0.25) is 0 Å². The number of aliphatic hydroxyl groups excluding tert-OH is 1. The van der Waals surface area contributed by atoms with Gasteiger partial charge in [-0.15, -0.1) is 0 Å². The maximum absolute atomic E-state index is 13.8. The van der Waals surface area contributed by atoms with Crippen LogP contribution < -0.4 is 9.47 Å². The van der Waals surface area contributed by atoms with Crippen LogP contribution in [0.5, 0.6) is 86.2 Å². The number of fused-ring (bicyclic) bond motifs is 2. The normalized spacial score (nSPS) is 20.1. The van der Waals surface area contributed by atoms with Gasteiger partial charge in [-0.05, 0) is 36.4 Å². The Morgan fingerprint density at radius 1 is 0.527 bits per heavy atom. The summed E-state index contributed by atoms with van der Waals surface area (Å²) in [4.78, 5) is 13.8. The van der Waals surface area contributed by atoms with Gasteiger partial charge in [0.15, 0.2) is 70.1 Å². The fraction of sp³-hybridized carbons (Fsp3) is 0.162. The average Bonchev–Trinajstić information content (AvgIpc) is 3.11. The molecule has 55 heavy (non-hydrogen) atoms. The first-order valence-corrected chi connectivity index (χ1v) is 16.1. The van der Waals surface area contributed by atoms with Gasteiger partial charge in [0.05, 0.1) is 17.6 Å². The lowest BCUT2D eigenvalue weighted by molar-refractivity contribution is -0.0275. The molecule has 2 heterocycles. The van der Waals surface area contributed by atoms with Gasteiger partial charge in [0, 0.05) is 52.4 Å². The van der Waals surface area contributed by atoms with Gasteiger partial charge in [0.2, 0.25) is 0 Å². The average molecular weight is 763 g/mol. The molecule has 2 aliphatic heterocycles. The van der Waals surface area contributed by atoms with Crippen LogP contribution in [-0.4, -0.2) is 89.7 Å². The Kier molecular flexibility index (Phi) is 8.41. The number of hydrogen-bond donors (Lipinski definition) is 14. The Hall–Kier alpha value is -7.47. The van der Waals surface area contributed by atoms with Crippen molar-refractivity contribution >= 4 is 5.97 Å². The highest BCUT2D eigenvalue weighted by atomic mass is 16.6. The highest BCUT2D eigenvalue weighted by Gasteiger charge is 2.48. The first-order chi connectivity index (χ1) is 25.9. The van der Waals surface area contributed by atoms with Crippen LogP contribution in [0.1, 0.15) is 56.3 Å². The van der Waals surface area contributed by atoms with Crippen molar-refractivity contribution in [2.45, 2.75) is 36.8 Å². The van der Waals surface area contributed by atoms with Crippen molar-refractivity contribution in [2.75, 3.05) is 0 Å². The van der Waals surface area contributed by atoms with E-state index in [1.54, 1.807) is 0 Å². The van der Waals surface area contributed by atoms with Crippen LogP contribution in [0.4, 0.5) is 0 Å². The molecule has 5 aromatic rings. The number of aromatic hydroxyl groups is 13. The van der Waals surface area contributed by atoms with Gasteiger partial charge < -0.3 is 85.7 Å². The largest absolute Gasteiger partial charge is 0.508 e. The molecule has 0 unspecified atom stereocenters. The van der Waals surface area contributed by atoms with E-state index >= 15 is 0 Å². The lowest BCUT2D eigenvalue weighted by Crippen LogP contribution is -2.39. The number of rotatable bonds is 5. The summed E-state index contributed by atoms with van der Waals surface area (Å²) in [6.45, 7) is 0. The zero-order valence-electron chi connectivity index (χ0n) is 27.7. The van der Waals surface area contributed by atoms with E-state index in [4.69, 9.17) is 14.2 Å². The van der Waals surface area contributed by atoms with E-state index in [1.807, 2.05) is 0 Å². The molecule has 0 fully saturated rings. The molecule has 0 radical (unpaired) electrons. The van der Waals surface area contributed by atoms with Gasteiger partial charge in [-0.2, -0.15) is 0 Å².